The molecule has 0 spiro atoms. The van der Waals surface area contributed by atoms with E-state index >= 15 is 0 Å². The third-order valence-electron chi connectivity index (χ3n) is 3.61. The van der Waals surface area contributed by atoms with Crippen LogP contribution in [0.25, 0.3) is 0 Å². The second-order valence-corrected chi connectivity index (χ2v) is 5.47. The maximum absolute atomic E-state index is 11.4. The second-order valence-electron chi connectivity index (χ2n) is 5.47. The molecule has 0 atom stereocenters. The summed E-state index contributed by atoms with van der Waals surface area (Å²) >= 11 is 0. The SMILES string of the molecule is CCCCN1CCn2nc(CNC(=O)OCCC)cc2C1. The van der Waals surface area contributed by atoms with Gasteiger partial charge in [0.2, 0.25) is 0 Å². The molecular weight excluding hydrogens is 268 g/mol. The van der Waals surface area contributed by atoms with Gasteiger partial charge in [0.25, 0.3) is 0 Å². The number of amides is 1. The van der Waals surface area contributed by atoms with Crippen LogP contribution in [0.4, 0.5) is 4.79 Å². The van der Waals surface area contributed by atoms with Gasteiger partial charge in [-0.25, -0.2) is 4.79 Å². The van der Waals surface area contributed by atoms with Crippen LogP contribution >= 0.6 is 0 Å². The zero-order chi connectivity index (χ0) is 15.1. The van der Waals surface area contributed by atoms with Gasteiger partial charge in [-0.15, -0.1) is 0 Å². The van der Waals surface area contributed by atoms with Gasteiger partial charge >= 0.3 is 6.09 Å². The Labute approximate surface area is 126 Å². The van der Waals surface area contributed by atoms with Gasteiger partial charge in [-0.1, -0.05) is 20.3 Å². The van der Waals surface area contributed by atoms with Crippen molar-refractivity contribution in [1.29, 1.82) is 0 Å². The Balaban J connectivity index is 1.82. The van der Waals surface area contributed by atoms with Crippen LogP contribution in [0.3, 0.4) is 0 Å². The van der Waals surface area contributed by atoms with Crippen molar-refractivity contribution in [3.8, 4) is 0 Å². The van der Waals surface area contributed by atoms with Gasteiger partial charge in [-0.3, -0.25) is 9.58 Å². The lowest BCUT2D eigenvalue weighted by Gasteiger charge is -2.27. The van der Waals surface area contributed by atoms with Crippen LogP contribution in [0.1, 0.15) is 44.5 Å². The lowest BCUT2D eigenvalue weighted by atomic mass is 10.2. The van der Waals surface area contributed by atoms with Crippen LogP contribution < -0.4 is 5.32 Å². The first-order chi connectivity index (χ1) is 10.2. The highest BCUT2D eigenvalue weighted by Crippen LogP contribution is 2.14. The Hall–Kier alpha value is -1.56. The fourth-order valence-corrected chi connectivity index (χ4v) is 2.45. The number of alkyl carbamates (subject to hydrolysis) is 1. The lowest BCUT2D eigenvalue weighted by molar-refractivity contribution is 0.145. The van der Waals surface area contributed by atoms with E-state index < -0.39 is 0 Å². The molecular formula is C15H26N4O2. The molecule has 21 heavy (non-hydrogen) atoms. The van der Waals surface area contributed by atoms with E-state index in [9.17, 15) is 4.79 Å². The highest BCUT2D eigenvalue weighted by molar-refractivity contribution is 5.67. The molecule has 118 valence electrons. The van der Waals surface area contributed by atoms with Gasteiger partial charge in [0, 0.05) is 13.1 Å². The summed E-state index contributed by atoms with van der Waals surface area (Å²) in [5, 5.41) is 7.28. The first-order valence-corrected chi connectivity index (χ1v) is 7.91. The lowest BCUT2D eigenvalue weighted by Crippen LogP contribution is -2.34. The van der Waals surface area contributed by atoms with Gasteiger partial charge in [0.05, 0.1) is 31.1 Å². The summed E-state index contributed by atoms with van der Waals surface area (Å²) in [6, 6.07) is 2.08. The zero-order valence-corrected chi connectivity index (χ0v) is 13.1. The topological polar surface area (TPSA) is 59.4 Å². The van der Waals surface area contributed by atoms with Crippen molar-refractivity contribution >= 4 is 6.09 Å². The number of carbonyl (C=O) groups excluding carboxylic acids is 1. The summed E-state index contributed by atoms with van der Waals surface area (Å²) in [6.07, 6.45) is 2.93. The summed E-state index contributed by atoms with van der Waals surface area (Å²) < 4.78 is 7.04. The number of hydrogen-bond acceptors (Lipinski definition) is 4. The van der Waals surface area contributed by atoms with Crippen LogP contribution in [0, 0.1) is 0 Å². The summed E-state index contributed by atoms with van der Waals surface area (Å²) in [7, 11) is 0. The number of rotatable bonds is 7. The molecule has 1 aliphatic heterocycles. The molecule has 0 radical (unpaired) electrons. The molecule has 1 N–H and O–H groups in total. The van der Waals surface area contributed by atoms with E-state index in [1.807, 2.05) is 6.92 Å². The van der Waals surface area contributed by atoms with E-state index in [2.05, 4.69) is 33.0 Å². The first kappa shape index (κ1) is 15.8. The molecule has 0 saturated heterocycles. The summed E-state index contributed by atoms with van der Waals surface area (Å²) in [5.41, 5.74) is 2.13. The molecule has 0 aliphatic carbocycles. The van der Waals surface area contributed by atoms with E-state index in [1.54, 1.807) is 0 Å². The van der Waals surface area contributed by atoms with Crippen molar-refractivity contribution < 1.29 is 9.53 Å². The van der Waals surface area contributed by atoms with Crippen molar-refractivity contribution in [2.75, 3.05) is 19.7 Å². The van der Waals surface area contributed by atoms with Crippen molar-refractivity contribution in [3.63, 3.8) is 0 Å². The predicted molar refractivity (Wildman–Crippen MR) is 80.9 cm³/mol. The average Bonchev–Trinajstić information content (AvgIpc) is 2.90. The van der Waals surface area contributed by atoms with Gasteiger partial charge in [-0.2, -0.15) is 5.10 Å². The van der Waals surface area contributed by atoms with E-state index in [4.69, 9.17) is 4.74 Å². The van der Waals surface area contributed by atoms with E-state index in [1.165, 1.54) is 18.5 Å². The van der Waals surface area contributed by atoms with E-state index in [-0.39, 0.29) is 6.09 Å². The highest BCUT2D eigenvalue weighted by atomic mass is 16.5. The van der Waals surface area contributed by atoms with Gasteiger partial charge < -0.3 is 10.1 Å². The fourth-order valence-electron chi connectivity index (χ4n) is 2.45. The fraction of sp³-hybridized carbons (Fsp3) is 0.733. The molecule has 0 saturated carbocycles. The molecule has 6 heteroatoms. The standard InChI is InChI=1S/C15H26N4O2/c1-3-5-6-18-7-8-19-14(12-18)10-13(17-19)11-16-15(20)21-9-4-2/h10H,3-9,11-12H2,1-2H3,(H,16,20). The minimum Gasteiger partial charge on any atom is -0.450 e. The number of aromatic nitrogens is 2. The first-order valence-electron chi connectivity index (χ1n) is 7.91. The molecule has 6 nitrogen and oxygen atoms in total. The molecule has 2 heterocycles. The van der Waals surface area contributed by atoms with Crippen molar-refractivity contribution in [3.05, 3.63) is 17.5 Å². The molecule has 0 unspecified atom stereocenters. The van der Waals surface area contributed by atoms with E-state index in [0.29, 0.717) is 13.2 Å². The van der Waals surface area contributed by atoms with Crippen LogP contribution in [-0.2, 0) is 24.4 Å². The molecule has 0 fully saturated rings. The number of hydrogen-bond donors (Lipinski definition) is 1. The number of fused-ring (bicyclic) bond motifs is 1. The van der Waals surface area contributed by atoms with Crippen molar-refractivity contribution in [2.24, 2.45) is 0 Å². The quantitative estimate of drug-likeness (QED) is 0.837. The van der Waals surface area contributed by atoms with Gasteiger partial charge in [-0.05, 0) is 25.5 Å². The summed E-state index contributed by atoms with van der Waals surface area (Å²) in [4.78, 5) is 13.9. The highest BCUT2D eigenvalue weighted by Gasteiger charge is 2.18. The zero-order valence-electron chi connectivity index (χ0n) is 13.1. The van der Waals surface area contributed by atoms with Crippen LogP contribution in [0.5, 0.6) is 0 Å². The van der Waals surface area contributed by atoms with Crippen molar-refractivity contribution in [1.82, 2.24) is 20.0 Å². The molecule has 1 aromatic heterocycles. The largest absolute Gasteiger partial charge is 0.450 e. The number of nitrogens with one attached hydrogen (secondary N) is 1. The molecule has 1 aromatic rings. The Morgan fingerprint density at radius 2 is 2.24 bits per heavy atom. The molecule has 2 rings (SSSR count). The summed E-state index contributed by atoms with van der Waals surface area (Å²) in [6.45, 7) is 9.16. The van der Waals surface area contributed by atoms with Crippen LogP contribution in [0.15, 0.2) is 6.07 Å². The monoisotopic (exact) mass is 294 g/mol. The molecule has 1 aliphatic rings. The van der Waals surface area contributed by atoms with Gasteiger partial charge in [0.1, 0.15) is 0 Å². The Kier molecular flexibility index (Phi) is 6.04. The minimum atomic E-state index is -0.368. The molecule has 0 bridgehead atoms. The number of ether oxygens (including phenoxy) is 1. The Bertz CT molecular complexity index is 459. The Morgan fingerprint density at radius 3 is 3.00 bits per heavy atom. The number of carbonyl (C=O) groups is 1. The minimum absolute atomic E-state index is 0.368. The third-order valence-corrected chi connectivity index (χ3v) is 3.61. The number of nitrogens with zero attached hydrogens (tertiary/aromatic N) is 3. The predicted octanol–water partition coefficient (Wildman–Crippen LogP) is 2.13. The van der Waals surface area contributed by atoms with Gasteiger partial charge in [0.15, 0.2) is 0 Å². The summed E-state index contributed by atoms with van der Waals surface area (Å²) in [5.74, 6) is 0. The maximum Gasteiger partial charge on any atom is 0.407 e. The maximum atomic E-state index is 11.4. The second kappa shape index (κ2) is 8.02. The van der Waals surface area contributed by atoms with Crippen molar-refractivity contribution in [2.45, 2.75) is 52.7 Å². The smallest absolute Gasteiger partial charge is 0.407 e. The average molecular weight is 294 g/mol. The Morgan fingerprint density at radius 1 is 1.38 bits per heavy atom. The van der Waals surface area contributed by atoms with E-state index in [0.717, 1.165) is 38.3 Å². The number of unbranched alkanes of at least 4 members (excludes halogenated alkanes) is 1. The third kappa shape index (κ3) is 4.74. The van der Waals surface area contributed by atoms with Crippen LogP contribution in [-0.4, -0.2) is 40.5 Å². The molecule has 1 amide bonds. The molecule has 0 aromatic carbocycles. The normalized spacial score (nSPS) is 14.8. The van der Waals surface area contributed by atoms with Crippen LogP contribution in [0.2, 0.25) is 0 Å².